The van der Waals surface area contributed by atoms with E-state index in [2.05, 4.69) is 10.3 Å². The lowest BCUT2D eigenvalue weighted by atomic mass is 10.2. The molecule has 0 bridgehead atoms. The average Bonchev–Trinajstić information content (AvgIpc) is 2.06. The Morgan fingerprint density at radius 3 is 2.86 bits per heavy atom. The summed E-state index contributed by atoms with van der Waals surface area (Å²) in [5.74, 6) is 0.327. The molecule has 0 spiro atoms. The van der Waals surface area contributed by atoms with Crippen LogP contribution in [0.4, 0.5) is 5.82 Å². The van der Waals surface area contributed by atoms with Gasteiger partial charge in [-0.1, -0.05) is 17.7 Å². The Labute approximate surface area is 86.9 Å². The number of aromatic nitrogens is 1. The van der Waals surface area contributed by atoms with Crippen LogP contribution >= 0.6 is 11.6 Å². The highest BCUT2D eigenvalue weighted by Crippen LogP contribution is 2.08. The van der Waals surface area contributed by atoms with Crippen LogP contribution in [0, 0.1) is 0 Å². The normalized spacial score (nSPS) is 12.2. The predicted octanol–water partition coefficient (Wildman–Crippen LogP) is 1.14. The monoisotopic (exact) mass is 214 g/mol. The second-order valence-electron chi connectivity index (χ2n) is 2.87. The number of nitrogens with one attached hydrogen (secondary N) is 1. The molecule has 4 nitrogen and oxygen atoms in total. The van der Waals surface area contributed by atoms with Crippen molar-refractivity contribution in [2.45, 2.75) is 18.9 Å². The molecule has 1 unspecified atom stereocenters. The maximum Gasteiger partial charge on any atom is 0.222 e. The van der Waals surface area contributed by atoms with Crippen LogP contribution in [0.1, 0.15) is 12.5 Å². The lowest BCUT2D eigenvalue weighted by Gasteiger charge is -2.04. The molecule has 0 aliphatic carbocycles. The van der Waals surface area contributed by atoms with Gasteiger partial charge in [-0.15, -0.1) is 0 Å². The molecule has 0 radical (unpaired) electrons. The Morgan fingerprint density at radius 2 is 2.43 bits per heavy atom. The third kappa shape index (κ3) is 3.72. The highest BCUT2D eigenvalue weighted by molar-refractivity contribution is 6.19. The molecule has 1 aromatic heterocycles. The largest absolute Gasteiger partial charge is 0.377 e. The van der Waals surface area contributed by atoms with Crippen LogP contribution in [0.15, 0.2) is 18.3 Å². The molecule has 1 aromatic rings. The van der Waals surface area contributed by atoms with E-state index < -0.39 is 5.56 Å². The molecule has 1 rings (SSSR count). The number of aliphatic hydroxyl groups excluding tert-OH is 1. The number of amides is 1. The SMILES string of the molecule is CC(=O)Nc1ccc(CC(O)Cl)cn1. The number of aliphatic hydroxyl groups is 1. The van der Waals surface area contributed by atoms with Gasteiger partial charge in [0.2, 0.25) is 5.91 Å². The third-order valence-corrected chi connectivity index (χ3v) is 1.69. The number of carbonyl (C=O) groups excluding carboxylic acids is 1. The summed E-state index contributed by atoms with van der Waals surface area (Å²) in [7, 11) is 0. The van der Waals surface area contributed by atoms with Gasteiger partial charge in [0.05, 0.1) is 0 Å². The number of hydrogen-bond donors (Lipinski definition) is 2. The number of alkyl halides is 1. The zero-order valence-corrected chi connectivity index (χ0v) is 8.45. The molecule has 0 aliphatic rings. The molecule has 1 amide bonds. The molecule has 0 aliphatic heterocycles. The maximum absolute atomic E-state index is 10.7. The van der Waals surface area contributed by atoms with Crippen molar-refractivity contribution in [1.29, 1.82) is 0 Å². The summed E-state index contributed by atoms with van der Waals surface area (Å²) in [5.41, 5.74) is -0.0787. The Hall–Kier alpha value is -1.13. The average molecular weight is 215 g/mol. The maximum atomic E-state index is 10.7. The number of nitrogens with zero attached hydrogens (tertiary/aromatic N) is 1. The van der Waals surface area contributed by atoms with Gasteiger partial charge in [0.1, 0.15) is 11.4 Å². The van der Waals surface area contributed by atoms with E-state index in [1.165, 1.54) is 6.92 Å². The van der Waals surface area contributed by atoms with Gasteiger partial charge in [0.15, 0.2) is 0 Å². The summed E-state index contributed by atoms with van der Waals surface area (Å²) >= 11 is 5.39. The minimum absolute atomic E-state index is 0.164. The van der Waals surface area contributed by atoms with Crippen LogP contribution < -0.4 is 5.32 Å². The zero-order valence-electron chi connectivity index (χ0n) is 7.70. The molecule has 0 saturated carbocycles. The van der Waals surface area contributed by atoms with Crippen LogP contribution in [0.3, 0.4) is 0 Å². The minimum Gasteiger partial charge on any atom is -0.377 e. The molecular formula is C9H11ClN2O2. The summed E-state index contributed by atoms with van der Waals surface area (Å²) in [6.07, 6.45) is 1.91. The number of hydrogen-bond acceptors (Lipinski definition) is 3. The Morgan fingerprint density at radius 1 is 1.71 bits per heavy atom. The molecule has 0 fully saturated rings. The van der Waals surface area contributed by atoms with Crippen molar-refractivity contribution in [3.63, 3.8) is 0 Å². The topological polar surface area (TPSA) is 62.2 Å². The summed E-state index contributed by atoms with van der Waals surface area (Å²) in [6, 6.07) is 3.42. The van der Waals surface area contributed by atoms with Crippen LogP contribution in [0.5, 0.6) is 0 Å². The molecule has 2 N–H and O–H groups in total. The number of halogens is 1. The van der Waals surface area contributed by atoms with Crippen molar-refractivity contribution in [3.8, 4) is 0 Å². The lowest BCUT2D eigenvalue weighted by molar-refractivity contribution is -0.114. The van der Waals surface area contributed by atoms with Crippen molar-refractivity contribution < 1.29 is 9.90 Å². The summed E-state index contributed by atoms with van der Waals surface area (Å²) in [4.78, 5) is 14.6. The molecular weight excluding hydrogens is 204 g/mol. The second kappa shape index (κ2) is 4.93. The predicted molar refractivity (Wildman–Crippen MR) is 54.1 cm³/mol. The number of pyridine rings is 1. The van der Waals surface area contributed by atoms with Crippen LogP contribution in [-0.2, 0) is 11.2 Å². The van der Waals surface area contributed by atoms with Crippen LogP contribution in [0.25, 0.3) is 0 Å². The van der Waals surface area contributed by atoms with Gasteiger partial charge in [0.25, 0.3) is 0 Å². The molecule has 0 aromatic carbocycles. The van der Waals surface area contributed by atoms with E-state index >= 15 is 0 Å². The van der Waals surface area contributed by atoms with Gasteiger partial charge in [-0.2, -0.15) is 0 Å². The van der Waals surface area contributed by atoms with E-state index in [0.29, 0.717) is 12.2 Å². The smallest absolute Gasteiger partial charge is 0.222 e. The van der Waals surface area contributed by atoms with Crippen molar-refractivity contribution in [2.24, 2.45) is 0 Å². The Balaban J connectivity index is 2.63. The second-order valence-corrected chi connectivity index (χ2v) is 3.38. The van der Waals surface area contributed by atoms with Crippen LogP contribution in [-0.4, -0.2) is 21.6 Å². The quantitative estimate of drug-likeness (QED) is 0.742. The molecule has 1 atom stereocenters. The van der Waals surface area contributed by atoms with E-state index in [4.69, 9.17) is 16.7 Å². The molecule has 14 heavy (non-hydrogen) atoms. The highest BCUT2D eigenvalue weighted by Gasteiger charge is 2.02. The zero-order chi connectivity index (χ0) is 10.6. The van der Waals surface area contributed by atoms with Crippen molar-refractivity contribution >= 4 is 23.3 Å². The first-order chi connectivity index (χ1) is 6.58. The van der Waals surface area contributed by atoms with Gasteiger partial charge in [-0.3, -0.25) is 4.79 Å². The van der Waals surface area contributed by atoms with Crippen LogP contribution in [0.2, 0.25) is 0 Å². The van der Waals surface area contributed by atoms with Crippen molar-refractivity contribution in [1.82, 2.24) is 4.98 Å². The molecule has 0 saturated heterocycles. The van der Waals surface area contributed by atoms with E-state index in [1.807, 2.05) is 0 Å². The van der Waals surface area contributed by atoms with E-state index in [-0.39, 0.29) is 5.91 Å². The van der Waals surface area contributed by atoms with Crippen molar-refractivity contribution in [3.05, 3.63) is 23.9 Å². The van der Waals surface area contributed by atoms with Gasteiger partial charge >= 0.3 is 0 Å². The fourth-order valence-electron chi connectivity index (χ4n) is 0.994. The molecule has 5 heteroatoms. The van der Waals surface area contributed by atoms with Gasteiger partial charge in [0, 0.05) is 19.5 Å². The fourth-order valence-corrected chi connectivity index (χ4v) is 1.17. The Bertz CT molecular complexity index is 311. The summed E-state index contributed by atoms with van der Waals surface area (Å²) < 4.78 is 0. The van der Waals surface area contributed by atoms with Gasteiger partial charge < -0.3 is 10.4 Å². The Kier molecular flexibility index (Phi) is 3.85. The third-order valence-electron chi connectivity index (χ3n) is 1.53. The number of carbonyl (C=O) groups is 1. The number of anilines is 1. The number of rotatable bonds is 3. The highest BCUT2D eigenvalue weighted by atomic mass is 35.5. The van der Waals surface area contributed by atoms with Crippen molar-refractivity contribution in [2.75, 3.05) is 5.32 Å². The first-order valence-electron chi connectivity index (χ1n) is 4.12. The minimum atomic E-state index is -0.900. The van der Waals surface area contributed by atoms with E-state index in [9.17, 15) is 4.79 Å². The molecule has 1 heterocycles. The van der Waals surface area contributed by atoms with Gasteiger partial charge in [-0.05, 0) is 11.6 Å². The summed E-state index contributed by atoms with van der Waals surface area (Å²) in [6.45, 7) is 1.41. The van der Waals surface area contributed by atoms with E-state index in [0.717, 1.165) is 5.56 Å². The van der Waals surface area contributed by atoms with Gasteiger partial charge in [-0.25, -0.2) is 4.98 Å². The summed E-state index contributed by atoms with van der Waals surface area (Å²) in [5, 5.41) is 11.4. The first-order valence-corrected chi connectivity index (χ1v) is 4.56. The molecule has 76 valence electrons. The standard InChI is InChI=1S/C9H11ClN2O2/c1-6(13)12-9-3-2-7(5-11-9)4-8(10)14/h2-3,5,8,14H,4H2,1H3,(H,11,12,13). The lowest BCUT2D eigenvalue weighted by Crippen LogP contribution is -2.08. The fraction of sp³-hybridized carbons (Fsp3) is 0.333. The van der Waals surface area contributed by atoms with E-state index in [1.54, 1.807) is 18.3 Å². The first kappa shape index (κ1) is 10.9.